The summed E-state index contributed by atoms with van der Waals surface area (Å²) in [5.74, 6) is -0.433. The summed E-state index contributed by atoms with van der Waals surface area (Å²) in [7, 11) is 5.04. The van der Waals surface area contributed by atoms with Crippen LogP contribution in [0.25, 0.3) is 0 Å². The molecule has 1 N–H and O–H groups in total. The lowest BCUT2D eigenvalue weighted by Crippen LogP contribution is -2.45. The van der Waals surface area contributed by atoms with E-state index < -0.39 is 0 Å². The van der Waals surface area contributed by atoms with Crippen molar-refractivity contribution in [2.75, 3.05) is 6.61 Å². The summed E-state index contributed by atoms with van der Waals surface area (Å²) in [6.07, 6.45) is 19.5. The van der Waals surface area contributed by atoms with Crippen LogP contribution in [0.5, 0.6) is 0 Å². The largest absolute Gasteiger partial charge is 0.455 e. The van der Waals surface area contributed by atoms with Gasteiger partial charge in [-0.05, 0) is 12.5 Å². The number of hydrogen-bond acceptors (Lipinski definition) is 5. The first-order valence-corrected chi connectivity index (χ1v) is 13.2. The topological polar surface area (TPSA) is 73.9 Å². The molecule has 0 aromatic carbocycles. The van der Waals surface area contributed by atoms with Crippen LogP contribution in [0, 0.1) is 5.41 Å². The van der Waals surface area contributed by atoms with Crippen molar-refractivity contribution in [1.82, 2.24) is 5.32 Å². The summed E-state index contributed by atoms with van der Waals surface area (Å²) in [5.41, 5.74) is -0.380. The van der Waals surface area contributed by atoms with E-state index in [1.54, 1.807) is 0 Å². The van der Waals surface area contributed by atoms with E-state index in [0.29, 0.717) is 19.4 Å². The summed E-state index contributed by atoms with van der Waals surface area (Å²) in [4.78, 5) is 23.3. The van der Waals surface area contributed by atoms with Crippen LogP contribution in [0.1, 0.15) is 33.6 Å². The molecule has 0 radical (unpaired) electrons. The van der Waals surface area contributed by atoms with Crippen molar-refractivity contribution in [3.63, 3.8) is 0 Å². The lowest BCUT2D eigenvalue weighted by atomic mass is 9.80. The molecule has 1 heterocycles. The van der Waals surface area contributed by atoms with Gasteiger partial charge in [0, 0.05) is 48.8 Å². The van der Waals surface area contributed by atoms with Crippen LogP contribution < -0.4 is 5.32 Å². The van der Waals surface area contributed by atoms with E-state index in [-0.39, 0.29) is 44.0 Å². The molecular formula is C22H34NO5P3. The fraction of sp³-hybridized carbons (Fsp3) is 0.455. The Kier molecular flexibility index (Phi) is 14.0. The van der Waals surface area contributed by atoms with Crippen molar-refractivity contribution in [2.24, 2.45) is 5.41 Å². The van der Waals surface area contributed by atoms with E-state index >= 15 is 0 Å². The van der Waals surface area contributed by atoms with E-state index in [9.17, 15) is 9.59 Å². The van der Waals surface area contributed by atoms with Gasteiger partial charge in [0.05, 0.1) is 12.7 Å². The first-order valence-electron chi connectivity index (χ1n) is 10.0. The number of rotatable bonds is 13. The fourth-order valence-electron chi connectivity index (χ4n) is 2.91. The number of allylic oxidation sites excluding steroid dienone is 4. The van der Waals surface area contributed by atoms with E-state index in [1.807, 2.05) is 68.5 Å². The average Bonchev–Trinajstić information content (AvgIpc) is 2.71. The third-order valence-corrected chi connectivity index (χ3v) is 5.62. The monoisotopic (exact) mass is 485 g/mol. The number of carbonyl (C=O) groups excluding carboxylic acids is 2. The maximum atomic E-state index is 11.9. The Morgan fingerprint density at radius 2 is 2.13 bits per heavy atom. The normalized spacial score (nSPS) is 19.9. The Morgan fingerprint density at radius 1 is 1.39 bits per heavy atom. The highest BCUT2D eigenvalue weighted by molar-refractivity contribution is 8.00. The van der Waals surface area contributed by atoms with Gasteiger partial charge in [-0.1, -0.05) is 71.4 Å². The summed E-state index contributed by atoms with van der Waals surface area (Å²) in [6.45, 7) is 6.15. The van der Waals surface area contributed by atoms with Gasteiger partial charge in [0.1, 0.15) is 6.10 Å². The Balaban J connectivity index is 2.86. The Bertz CT molecular complexity index is 716. The summed E-state index contributed by atoms with van der Waals surface area (Å²) >= 11 is 0. The van der Waals surface area contributed by atoms with Crippen LogP contribution in [0.3, 0.4) is 0 Å². The SMILES string of the molecule is CC(=O)N[C@H](C[C@H](\C=C/C=C\C=C\COP)OPP)C(C)(C)/C=C/[C@H]1CC=CC(=O)O1. The van der Waals surface area contributed by atoms with Crippen molar-refractivity contribution < 1.29 is 23.4 Å². The molecule has 1 aliphatic rings. The molecule has 0 saturated carbocycles. The quantitative estimate of drug-likeness (QED) is 0.179. The molecule has 6 nitrogen and oxygen atoms in total. The molecule has 3 unspecified atom stereocenters. The minimum absolute atomic E-state index is 0.101. The number of cyclic esters (lactones) is 1. The van der Waals surface area contributed by atoms with Gasteiger partial charge < -0.3 is 19.1 Å². The summed E-state index contributed by atoms with van der Waals surface area (Å²) < 4.78 is 16.1. The maximum Gasteiger partial charge on any atom is 0.331 e. The second-order valence-electron chi connectivity index (χ2n) is 7.59. The van der Waals surface area contributed by atoms with Gasteiger partial charge in [0.25, 0.3) is 0 Å². The molecule has 0 fully saturated rings. The molecule has 9 heteroatoms. The smallest absolute Gasteiger partial charge is 0.331 e. The van der Waals surface area contributed by atoms with E-state index in [2.05, 4.69) is 23.7 Å². The molecule has 172 valence electrons. The molecule has 1 aliphatic heterocycles. The molecule has 0 saturated heterocycles. The highest BCUT2D eigenvalue weighted by Gasteiger charge is 2.30. The van der Waals surface area contributed by atoms with Crippen molar-refractivity contribution in [3.8, 4) is 0 Å². The van der Waals surface area contributed by atoms with Crippen LogP contribution in [-0.2, 0) is 23.4 Å². The molecule has 1 rings (SSSR count). The van der Waals surface area contributed by atoms with E-state index in [0.717, 1.165) is 0 Å². The van der Waals surface area contributed by atoms with Gasteiger partial charge in [0.15, 0.2) is 0 Å². The molecule has 0 aromatic heterocycles. The van der Waals surface area contributed by atoms with Gasteiger partial charge in [-0.15, -0.1) is 0 Å². The zero-order chi connectivity index (χ0) is 23.1. The summed E-state index contributed by atoms with van der Waals surface area (Å²) in [6, 6.07) is -0.171. The van der Waals surface area contributed by atoms with Crippen LogP contribution in [0.2, 0.25) is 0 Å². The second-order valence-corrected chi connectivity index (χ2v) is 9.10. The number of carbonyl (C=O) groups is 2. The van der Waals surface area contributed by atoms with Crippen LogP contribution in [0.4, 0.5) is 0 Å². The zero-order valence-electron chi connectivity index (χ0n) is 18.3. The van der Waals surface area contributed by atoms with Gasteiger partial charge in [-0.3, -0.25) is 4.79 Å². The number of hydrogen-bond donors (Lipinski definition) is 1. The Hall–Kier alpha value is -1.15. The molecule has 0 bridgehead atoms. The molecular weight excluding hydrogens is 451 g/mol. The lowest BCUT2D eigenvalue weighted by molar-refractivity contribution is -0.141. The van der Waals surface area contributed by atoms with Crippen LogP contribution in [-0.4, -0.2) is 36.7 Å². The van der Waals surface area contributed by atoms with Gasteiger partial charge in [-0.2, -0.15) is 0 Å². The minimum Gasteiger partial charge on any atom is -0.455 e. The number of amides is 1. The minimum atomic E-state index is -0.380. The average molecular weight is 485 g/mol. The third-order valence-electron chi connectivity index (χ3n) is 4.58. The summed E-state index contributed by atoms with van der Waals surface area (Å²) in [5, 5.41) is 3.06. The van der Waals surface area contributed by atoms with Crippen molar-refractivity contribution in [2.45, 2.75) is 51.9 Å². The van der Waals surface area contributed by atoms with E-state index in [1.165, 1.54) is 13.0 Å². The van der Waals surface area contributed by atoms with Crippen molar-refractivity contribution in [1.29, 1.82) is 0 Å². The molecule has 0 aliphatic carbocycles. The number of ether oxygens (including phenoxy) is 1. The first kappa shape index (κ1) is 27.9. The standard InChI is InChI=1S/C22H34NO5P3/c1-17(24)23-20(22(2,3)14-13-18-11-9-12-21(25)27-18)16-19(28-31-30)10-7-5-4-6-8-15-26-29/h4-10,12-14,18-20,31H,11,15-16,29-30H2,1-3H3,(H,23,24)/b5-4-,8-6+,10-7-,14-13+/t18-,19+,20-/m1/s1. The molecule has 31 heavy (non-hydrogen) atoms. The zero-order valence-corrected chi connectivity index (χ0v) is 21.6. The number of nitrogens with one attached hydrogen (secondary N) is 1. The van der Waals surface area contributed by atoms with Crippen LogP contribution in [0.15, 0.2) is 60.8 Å². The van der Waals surface area contributed by atoms with Gasteiger partial charge in [-0.25, -0.2) is 4.79 Å². The van der Waals surface area contributed by atoms with Gasteiger partial charge in [0.2, 0.25) is 5.91 Å². The predicted molar refractivity (Wildman–Crippen MR) is 135 cm³/mol. The Morgan fingerprint density at radius 3 is 2.77 bits per heavy atom. The van der Waals surface area contributed by atoms with Gasteiger partial charge >= 0.3 is 5.97 Å². The third kappa shape index (κ3) is 12.5. The number of esters is 1. The molecule has 0 spiro atoms. The van der Waals surface area contributed by atoms with Crippen molar-refractivity contribution >= 4 is 38.8 Å². The molecule has 6 atom stereocenters. The second kappa shape index (κ2) is 15.6. The highest BCUT2D eigenvalue weighted by Crippen LogP contribution is 2.31. The predicted octanol–water partition coefficient (Wildman–Crippen LogP) is 4.58. The molecule has 1 amide bonds. The van der Waals surface area contributed by atoms with E-state index in [4.69, 9.17) is 13.8 Å². The Labute approximate surface area is 192 Å². The first-order chi connectivity index (χ1) is 14.8. The fourth-order valence-corrected chi connectivity index (χ4v) is 3.90. The molecule has 0 aromatic rings. The highest BCUT2D eigenvalue weighted by atomic mass is 32.0. The van der Waals surface area contributed by atoms with Crippen molar-refractivity contribution in [3.05, 3.63) is 60.8 Å². The maximum absolute atomic E-state index is 11.9. The van der Waals surface area contributed by atoms with Crippen LogP contribution >= 0.6 is 26.9 Å². The lowest BCUT2D eigenvalue weighted by Gasteiger charge is -2.34.